The fourth-order valence-corrected chi connectivity index (χ4v) is 2.25. The monoisotopic (exact) mass is 272 g/mol. The Morgan fingerprint density at radius 2 is 2.00 bits per heavy atom. The Kier molecular flexibility index (Phi) is 4.58. The number of nitrogens with two attached hydrogens (primary N) is 2. The summed E-state index contributed by atoms with van der Waals surface area (Å²) < 4.78 is 5.70. The van der Waals surface area contributed by atoms with Gasteiger partial charge in [0.15, 0.2) is 0 Å². The van der Waals surface area contributed by atoms with Gasteiger partial charge in [0.2, 0.25) is 5.91 Å². The van der Waals surface area contributed by atoms with Gasteiger partial charge in [-0.2, -0.15) is 0 Å². The predicted octanol–water partition coefficient (Wildman–Crippen LogP) is 1.98. The molecule has 0 heterocycles. The number of amides is 1. The second-order valence-corrected chi connectivity index (χ2v) is 5.01. The first-order valence-corrected chi connectivity index (χ1v) is 6.75. The van der Waals surface area contributed by atoms with Crippen LogP contribution in [0.4, 0.5) is 0 Å². The standard InChI is InChI=1S/C16H20N2O2/c1-11(17)10-14-13-5-3-2-4-12(13)6-7-15(14)20-9-8-16(18)19/h2-7,11H,8-10,17H2,1H3,(H2,18,19). The minimum Gasteiger partial charge on any atom is -0.493 e. The van der Waals surface area contributed by atoms with Crippen LogP contribution >= 0.6 is 0 Å². The lowest BCUT2D eigenvalue weighted by atomic mass is 9.98. The van der Waals surface area contributed by atoms with Crippen molar-refractivity contribution in [2.75, 3.05) is 6.61 Å². The molecule has 0 spiro atoms. The van der Waals surface area contributed by atoms with Crippen molar-refractivity contribution in [2.45, 2.75) is 25.8 Å². The predicted molar refractivity (Wildman–Crippen MR) is 80.6 cm³/mol. The van der Waals surface area contributed by atoms with E-state index in [4.69, 9.17) is 16.2 Å². The Morgan fingerprint density at radius 1 is 1.25 bits per heavy atom. The summed E-state index contributed by atoms with van der Waals surface area (Å²) in [6.07, 6.45) is 0.942. The molecule has 1 atom stereocenters. The zero-order chi connectivity index (χ0) is 14.5. The maximum atomic E-state index is 10.8. The SMILES string of the molecule is CC(N)Cc1c(OCCC(N)=O)ccc2ccccc12. The lowest BCUT2D eigenvalue weighted by Gasteiger charge is -2.15. The van der Waals surface area contributed by atoms with E-state index in [2.05, 4.69) is 12.1 Å². The maximum Gasteiger partial charge on any atom is 0.220 e. The zero-order valence-corrected chi connectivity index (χ0v) is 11.6. The number of benzene rings is 2. The molecule has 0 fully saturated rings. The average molecular weight is 272 g/mol. The number of fused-ring (bicyclic) bond motifs is 1. The van der Waals surface area contributed by atoms with Gasteiger partial charge in [-0.3, -0.25) is 4.79 Å². The van der Waals surface area contributed by atoms with Crippen LogP contribution in [0.1, 0.15) is 18.9 Å². The summed E-state index contributed by atoms with van der Waals surface area (Å²) in [5, 5.41) is 2.30. The van der Waals surface area contributed by atoms with Crippen LogP contribution in [-0.4, -0.2) is 18.6 Å². The molecule has 0 aromatic heterocycles. The summed E-state index contributed by atoms with van der Waals surface area (Å²) in [6, 6.07) is 12.1. The molecule has 4 heteroatoms. The Balaban J connectivity index is 2.34. The third-order valence-electron chi connectivity index (χ3n) is 3.13. The van der Waals surface area contributed by atoms with Gasteiger partial charge in [-0.15, -0.1) is 0 Å². The van der Waals surface area contributed by atoms with Crippen LogP contribution in [0.3, 0.4) is 0 Å². The summed E-state index contributed by atoms with van der Waals surface area (Å²) in [5.41, 5.74) is 12.1. The van der Waals surface area contributed by atoms with Gasteiger partial charge in [-0.1, -0.05) is 30.3 Å². The van der Waals surface area contributed by atoms with E-state index in [9.17, 15) is 4.79 Å². The number of carbonyl (C=O) groups is 1. The smallest absolute Gasteiger partial charge is 0.220 e. The van der Waals surface area contributed by atoms with Gasteiger partial charge in [0.1, 0.15) is 5.75 Å². The van der Waals surface area contributed by atoms with Crippen molar-refractivity contribution in [2.24, 2.45) is 11.5 Å². The van der Waals surface area contributed by atoms with Crippen molar-refractivity contribution < 1.29 is 9.53 Å². The van der Waals surface area contributed by atoms with E-state index < -0.39 is 0 Å². The average Bonchev–Trinajstić information content (AvgIpc) is 2.40. The third-order valence-corrected chi connectivity index (χ3v) is 3.13. The Morgan fingerprint density at radius 3 is 2.70 bits per heavy atom. The Hall–Kier alpha value is -2.07. The van der Waals surface area contributed by atoms with Crippen molar-refractivity contribution in [3.63, 3.8) is 0 Å². The Labute approximate surface area is 118 Å². The first-order valence-electron chi connectivity index (χ1n) is 6.75. The second-order valence-electron chi connectivity index (χ2n) is 5.01. The van der Waals surface area contributed by atoms with Gasteiger partial charge in [0.25, 0.3) is 0 Å². The lowest BCUT2D eigenvalue weighted by molar-refractivity contribution is -0.118. The molecule has 20 heavy (non-hydrogen) atoms. The quantitative estimate of drug-likeness (QED) is 0.844. The fourth-order valence-electron chi connectivity index (χ4n) is 2.25. The molecule has 2 rings (SSSR count). The number of rotatable bonds is 6. The van der Waals surface area contributed by atoms with Gasteiger partial charge >= 0.3 is 0 Å². The topological polar surface area (TPSA) is 78.3 Å². The third kappa shape index (κ3) is 3.48. The van der Waals surface area contributed by atoms with E-state index in [1.165, 1.54) is 0 Å². The summed E-state index contributed by atoms with van der Waals surface area (Å²) in [6.45, 7) is 2.26. The van der Waals surface area contributed by atoms with E-state index in [-0.39, 0.29) is 18.4 Å². The lowest BCUT2D eigenvalue weighted by Crippen LogP contribution is -2.19. The van der Waals surface area contributed by atoms with Crippen LogP contribution in [0.2, 0.25) is 0 Å². The molecule has 0 saturated heterocycles. The molecule has 0 radical (unpaired) electrons. The molecule has 0 saturated carbocycles. The van der Waals surface area contributed by atoms with Crippen LogP contribution in [0.5, 0.6) is 5.75 Å². The maximum absolute atomic E-state index is 10.8. The van der Waals surface area contributed by atoms with E-state index in [1.54, 1.807) is 0 Å². The highest BCUT2D eigenvalue weighted by Crippen LogP contribution is 2.29. The summed E-state index contributed by atoms with van der Waals surface area (Å²) in [4.78, 5) is 10.8. The molecule has 4 N–H and O–H groups in total. The molecule has 1 amide bonds. The zero-order valence-electron chi connectivity index (χ0n) is 11.6. The normalized spacial score (nSPS) is 12.3. The van der Waals surface area contributed by atoms with Gasteiger partial charge < -0.3 is 16.2 Å². The van der Waals surface area contributed by atoms with Gasteiger partial charge in [0, 0.05) is 11.6 Å². The molecule has 4 nitrogen and oxygen atoms in total. The first-order chi connectivity index (χ1) is 9.58. The van der Waals surface area contributed by atoms with Crippen molar-refractivity contribution in [3.8, 4) is 5.75 Å². The van der Waals surface area contributed by atoms with Crippen LogP contribution < -0.4 is 16.2 Å². The number of hydrogen-bond acceptors (Lipinski definition) is 3. The number of hydrogen-bond donors (Lipinski definition) is 2. The highest BCUT2D eigenvalue weighted by atomic mass is 16.5. The van der Waals surface area contributed by atoms with E-state index in [1.807, 2.05) is 31.2 Å². The van der Waals surface area contributed by atoms with Crippen molar-refractivity contribution >= 4 is 16.7 Å². The van der Waals surface area contributed by atoms with Crippen molar-refractivity contribution in [1.82, 2.24) is 0 Å². The molecule has 0 aliphatic carbocycles. The van der Waals surface area contributed by atoms with E-state index >= 15 is 0 Å². The highest BCUT2D eigenvalue weighted by Gasteiger charge is 2.11. The van der Waals surface area contributed by atoms with E-state index in [0.717, 1.165) is 28.5 Å². The summed E-state index contributed by atoms with van der Waals surface area (Å²) in [5.74, 6) is 0.418. The second kappa shape index (κ2) is 6.39. The van der Waals surface area contributed by atoms with E-state index in [0.29, 0.717) is 6.61 Å². The molecular formula is C16H20N2O2. The summed E-state index contributed by atoms with van der Waals surface area (Å²) >= 11 is 0. The van der Waals surface area contributed by atoms with Crippen molar-refractivity contribution in [1.29, 1.82) is 0 Å². The van der Waals surface area contributed by atoms with Gasteiger partial charge in [0.05, 0.1) is 13.0 Å². The highest BCUT2D eigenvalue weighted by molar-refractivity contribution is 5.87. The molecule has 2 aromatic rings. The van der Waals surface area contributed by atoms with Crippen LogP contribution in [0.25, 0.3) is 10.8 Å². The summed E-state index contributed by atoms with van der Waals surface area (Å²) in [7, 11) is 0. The van der Waals surface area contributed by atoms with Gasteiger partial charge in [-0.05, 0) is 30.2 Å². The Bertz CT molecular complexity index is 608. The van der Waals surface area contributed by atoms with Gasteiger partial charge in [-0.25, -0.2) is 0 Å². The molecule has 0 bridgehead atoms. The number of carbonyl (C=O) groups excluding carboxylic acids is 1. The van der Waals surface area contributed by atoms with Crippen LogP contribution in [0, 0.1) is 0 Å². The van der Waals surface area contributed by atoms with Crippen LogP contribution in [-0.2, 0) is 11.2 Å². The van der Waals surface area contributed by atoms with Crippen LogP contribution in [0.15, 0.2) is 36.4 Å². The number of ether oxygens (including phenoxy) is 1. The molecule has 0 aliphatic rings. The molecule has 0 aliphatic heterocycles. The first kappa shape index (κ1) is 14.3. The fraction of sp³-hybridized carbons (Fsp3) is 0.312. The van der Waals surface area contributed by atoms with Crippen molar-refractivity contribution in [3.05, 3.63) is 42.0 Å². The minimum atomic E-state index is -0.362. The largest absolute Gasteiger partial charge is 0.493 e. The molecule has 1 unspecified atom stereocenters. The number of primary amides is 1. The minimum absolute atomic E-state index is 0.0410. The molecule has 106 valence electrons. The molecular weight excluding hydrogens is 252 g/mol. The molecule has 2 aromatic carbocycles.